The van der Waals surface area contributed by atoms with Crippen LogP contribution in [0.1, 0.15) is 18.4 Å². The molecule has 110 valence electrons. The molecule has 0 radical (unpaired) electrons. The Balaban J connectivity index is 2.69. The van der Waals surface area contributed by atoms with E-state index in [1.807, 2.05) is 0 Å². The topological polar surface area (TPSA) is 146 Å². The van der Waals surface area contributed by atoms with Gasteiger partial charge in [0, 0.05) is 12.3 Å². The summed E-state index contributed by atoms with van der Waals surface area (Å²) in [6.45, 7) is 0. The molecule has 1 rings (SSSR count). The van der Waals surface area contributed by atoms with E-state index in [0.29, 0.717) is 12.8 Å². The summed E-state index contributed by atoms with van der Waals surface area (Å²) in [5.74, 6) is -1.78. The first kappa shape index (κ1) is 16.1. The van der Waals surface area contributed by atoms with Gasteiger partial charge in [-0.1, -0.05) is 12.1 Å². The quantitative estimate of drug-likeness (QED) is 0.607. The predicted octanol–water partition coefficient (Wildman–Crippen LogP) is -0.756. The van der Waals surface area contributed by atoms with Crippen LogP contribution in [0.5, 0.6) is 0 Å². The molecular weight excluding hydrogens is 282 g/mol. The highest BCUT2D eigenvalue weighted by Gasteiger charge is 2.18. The molecule has 0 heterocycles. The van der Waals surface area contributed by atoms with Gasteiger partial charge in [0.15, 0.2) is 0 Å². The molecule has 7 nitrogen and oxygen atoms in total. The average molecular weight is 299 g/mol. The van der Waals surface area contributed by atoms with Crippen molar-refractivity contribution in [2.75, 3.05) is 0 Å². The number of amides is 2. The van der Waals surface area contributed by atoms with Gasteiger partial charge in [0.2, 0.25) is 21.8 Å². The van der Waals surface area contributed by atoms with Crippen molar-refractivity contribution in [1.29, 1.82) is 0 Å². The largest absolute Gasteiger partial charge is 0.370 e. The van der Waals surface area contributed by atoms with Gasteiger partial charge >= 0.3 is 0 Å². The molecular formula is C12H17N3O4S. The molecule has 20 heavy (non-hydrogen) atoms. The molecule has 0 aliphatic rings. The molecule has 1 unspecified atom stereocenters. The van der Waals surface area contributed by atoms with Crippen LogP contribution in [-0.4, -0.2) is 20.2 Å². The van der Waals surface area contributed by atoms with Crippen LogP contribution in [0.2, 0.25) is 0 Å². The second-order valence-electron chi connectivity index (χ2n) is 4.50. The third-order valence-corrected chi connectivity index (χ3v) is 3.81. The lowest BCUT2D eigenvalue weighted by molar-refractivity contribution is -0.127. The first-order chi connectivity index (χ1) is 9.20. The van der Waals surface area contributed by atoms with Crippen molar-refractivity contribution in [2.45, 2.75) is 24.2 Å². The maximum atomic E-state index is 11.2. The van der Waals surface area contributed by atoms with Crippen molar-refractivity contribution < 1.29 is 18.0 Å². The summed E-state index contributed by atoms with van der Waals surface area (Å²) in [5.41, 5.74) is 11.0. The normalized spacial score (nSPS) is 12.8. The number of sulfonamides is 1. The zero-order chi connectivity index (χ0) is 15.3. The Morgan fingerprint density at radius 2 is 1.65 bits per heavy atom. The van der Waals surface area contributed by atoms with Crippen LogP contribution in [0, 0.1) is 5.92 Å². The Labute approximate surface area is 117 Å². The predicted molar refractivity (Wildman–Crippen MR) is 72.6 cm³/mol. The van der Waals surface area contributed by atoms with Crippen LogP contribution in [0.4, 0.5) is 0 Å². The smallest absolute Gasteiger partial charge is 0.238 e. The fourth-order valence-corrected chi connectivity index (χ4v) is 2.29. The lowest BCUT2D eigenvalue weighted by atomic mass is 9.95. The Morgan fingerprint density at radius 3 is 2.05 bits per heavy atom. The van der Waals surface area contributed by atoms with Gasteiger partial charge in [-0.15, -0.1) is 0 Å². The number of benzene rings is 1. The number of carbonyl (C=O) groups excluding carboxylic acids is 2. The maximum absolute atomic E-state index is 11.2. The van der Waals surface area contributed by atoms with Crippen molar-refractivity contribution in [1.82, 2.24) is 0 Å². The number of primary sulfonamides is 1. The Hall–Kier alpha value is -1.93. The molecule has 0 aliphatic carbocycles. The molecule has 0 aromatic heterocycles. The fourth-order valence-electron chi connectivity index (χ4n) is 1.77. The average Bonchev–Trinajstić information content (AvgIpc) is 2.33. The summed E-state index contributed by atoms with van der Waals surface area (Å²) < 4.78 is 22.2. The highest BCUT2D eigenvalue weighted by molar-refractivity contribution is 7.89. The van der Waals surface area contributed by atoms with E-state index in [9.17, 15) is 18.0 Å². The molecule has 8 heteroatoms. The van der Waals surface area contributed by atoms with Crippen molar-refractivity contribution in [3.05, 3.63) is 29.8 Å². The minimum Gasteiger partial charge on any atom is -0.370 e. The van der Waals surface area contributed by atoms with Gasteiger partial charge in [-0.3, -0.25) is 9.59 Å². The summed E-state index contributed by atoms with van der Waals surface area (Å²) in [6, 6.07) is 5.97. The minimum absolute atomic E-state index is 0.0184. The van der Waals surface area contributed by atoms with E-state index in [-0.39, 0.29) is 11.3 Å². The summed E-state index contributed by atoms with van der Waals surface area (Å²) in [7, 11) is -3.72. The van der Waals surface area contributed by atoms with Crippen molar-refractivity contribution >= 4 is 21.8 Å². The zero-order valence-corrected chi connectivity index (χ0v) is 11.6. The summed E-state index contributed by atoms with van der Waals surface area (Å²) in [5, 5.41) is 4.98. The van der Waals surface area contributed by atoms with Crippen molar-refractivity contribution in [2.24, 2.45) is 22.5 Å². The first-order valence-corrected chi connectivity index (χ1v) is 7.44. The van der Waals surface area contributed by atoms with Crippen LogP contribution in [0.15, 0.2) is 29.2 Å². The van der Waals surface area contributed by atoms with Crippen LogP contribution < -0.4 is 16.6 Å². The minimum atomic E-state index is -3.72. The van der Waals surface area contributed by atoms with Gasteiger partial charge in [-0.2, -0.15) is 0 Å². The molecule has 0 saturated carbocycles. The van der Waals surface area contributed by atoms with Crippen LogP contribution in [0.25, 0.3) is 0 Å². The molecule has 0 spiro atoms. The molecule has 0 aliphatic heterocycles. The van der Waals surface area contributed by atoms with Gasteiger partial charge < -0.3 is 11.5 Å². The lowest BCUT2D eigenvalue weighted by Crippen LogP contribution is -2.28. The number of primary amides is 2. The molecule has 0 bridgehead atoms. The molecule has 0 fully saturated rings. The highest BCUT2D eigenvalue weighted by atomic mass is 32.2. The lowest BCUT2D eigenvalue weighted by Gasteiger charge is -2.11. The van der Waals surface area contributed by atoms with Crippen molar-refractivity contribution in [3.63, 3.8) is 0 Å². The van der Waals surface area contributed by atoms with Gasteiger partial charge in [0.05, 0.1) is 4.90 Å². The number of hydrogen-bond donors (Lipinski definition) is 3. The summed E-state index contributed by atoms with van der Waals surface area (Å²) in [4.78, 5) is 22.0. The van der Waals surface area contributed by atoms with E-state index < -0.39 is 27.8 Å². The van der Waals surface area contributed by atoms with Crippen molar-refractivity contribution in [3.8, 4) is 0 Å². The molecule has 1 atom stereocenters. The van der Waals surface area contributed by atoms with E-state index in [4.69, 9.17) is 16.6 Å². The third kappa shape index (κ3) is 4.98. The number of rotatable bonds is 7. The SMILES string of the molecule is NC(=O)CC(CCc1ccc(S(N)(=O)=O)cc1)C(N)=O. The van der Waals surface area contributed by atoms with E-state index in [0.717, 1.165) is 5.56 Å². The molecule has 2 amide bonds. The Bertz CT molecular complexity index is 596. The standard InChI is InChI=1S/C12H17N3O4S/c13-11(16)7-9(12(14)17)4-1-8-2-5-10(6-3-8)20(15,18)19/h2-3,5-6,9H,1,4,7H2,(H2,13,16)(H2,14,17)(H2,15,18,19). The van der Waals surface area contributed by atoms with E-state index >= 15 is 0 Å². The van der Waals surface area contributed by atoms with E-state index in [2.05, 4.69) is 0 Å². The highest BCUT2D eigenvalue weighted by Crippen LogP contribution is 2.15. The molecule has 0 saturated heterocycles. The van der Waals surface area contributed by atoms with E-state index in [1.165, 1.54) is 12.1 Å². The molecule has 6 N–H and O–H groups in total. The second-order valence-corrected chi connectivity index (χ2v) is 6.06. The molecule has 1 aromatic carbocycles. The number of aryl methyl sites for hydroxylation is 1. The van der Waals surface area contributed by atoms with Gasteiger partial charge in [0.1, 0.15) is 0 Å². The number of nitrogens with two attached hydrogens (primary N) is 3. The van der Waals surface area contributed by atoms with Gasteiger partial charge in [-0.25, -0.2) is 13.6 Å². The van der Waals surface area contributed by atoms with E-state index in [1.54, 1.807) is 12.1 Å². The van der Waals surface area contributed by atoms with Crippen LogP contribution >= 0.6 is 0 Å². The number of hydrogen-bond acceptors (Lipinski definition) is 4. The summed E-state index contributed by atoms with van der Waals surface area (Å²) >= 11 is 0. The zero-order valence-electron chi connectivity index (χ0n) is 10.8. The monoisotopic (exact) mass is 299 g/mol. The van der Waals surface area contributed by atoms with Crippen LogP contribution in [-0.2, 0) is 26.0 Å². The fraction of sp³-hybridized carbons (Fsp3) is 0.333. The third-order valence-electron chi connectivity index (χ3n) is 2.88. The second kappa shape index (κ2) is 6.49. The number of carbonyl (C=O) groups is 2. The Morgan fingerprint density at radius 1 is 1.10 bits per heavy atom. The van der Waals surface area contributed by atoms with Gasteiger partial charge in [0.25, 0.3) is 0 Å². The Kier molecular flexibility index (Phi) is 5.23. The van der Waals surface area contributed by atoms with Crippen LogP contribution in [0.3, 0.4) is 0 Å². The summed E-state index contributed by atoms with van der Waals surface area (Å²) in [6.07, 6.45) is 0.753. The van der Waals surface area contributed by atoms with Gasteiger partial charge in [-0.05, 0) is 30.5 Å². The maximum Gasteiger partial charge on any atom is 0.238 e. The first-order valence-electron chi connectivity index (χ1n) is 5.89. The molecule has 1 aromatic rings.